The van der Waals surface area contributed by atoms with E-state index in [1.54, 1.807) is 6.20 Å². The maximum atomic E-state index is 9.05. The molecule has 0 saturated heterocycles. The van der Waals surface area contributed by atoms with Crippen LogP contribution >= 0.6 is 0 Å². The first-order valence-electron chi connectivity index (χ1n) is 5.75. The number of aliphatic hydroxyl groups is 1. The molecule has 0 aliphatic carbocycles. The van der Waals surface area contributed by atoms with Crippen LogP contribution in [0.5, 0.6) is 0 Å². The molecule has 1 heterocycles. The van der Waals surface area contributed by atoms with Crippen molar-refractivity contribution in [3.63, 3.8) is 0 Å². The molecule has 0 amide bonds. The number of nitrogens with zero attached hydrogens (tertiary/aromatic N) is 2. The molecular formula is C12H23N3O. The molecule has 1 aromatic rings. The van der Waals surface area contributed by atoms with E-state index in [-0.39, 0.29) is 12.0 Å². The highest BCUT2D eigenvalue weighted by Crippen LogP contribution is 2.21. The number of nitrogens with one attached hydrogen (secondary N) is 1. The Labute approximate surface area is 97.7 Å². The number of aliphatic hydroxyl groups excluding tert-OH is 1. The summed E-state index contributed by atoms with van der Waals surface area (Å²) in [6.07, 6.45) is 4.51. The van der Waals surface area contributed by atoms with Crippen LogP contribution in [0.2, 0.25) is 0 Å². The molecule has 1 rings (SSSR count). The normalized spacial score (nSPS) is 14.1. The molecule has 2 N–H and O–H groups in total. The van der Waals surface area contributed by atoms with E-state index in [1.165, 1.54) is 0 Å². The first-order chi connectivity index (χ1) is 7.45. The van der Waals surface area contributed by atoms with Crippen LogP contribution in [0.15, 0.2) is 12.4 Å². The van der Waals surface area contributed by atoms with Gasteiger partial charge in [0, 0.05) is 32.1 Å². The van der Waals surface area contributed by atoms with Gasteiger partial charge >= 0.3 is 0 Å². The molecule has 0 fully saturated rings. The number of rotatable bonds is 5. The molecule has 0 aliphatic rings. The number of hydrogen-bond acceptors (Lipinski definition) is 3. The summed E-state index contributed by atoms with van der Waals surface area (Å²) < 4.78 is 2.01. The standard InChI is InChI=1S/C12H23N3O/c1-12(2,3)10(5-8-16)14-9-11-13-6-7-15(11)4/h6-7,10,14,16H,5,8-9H2,1-4H3. The van der Waals surface area contributed by atoms with E-state index in [1.807, 2.05) is 17.8 Å². The smallest absolute Gasteiger partial charge is 0.122 e. The second-order valence-electron chi connectivity index (χ2n) is 5.27. The number of aryl methyl sites for hydroxylation is 1. The Kier molecular flexibility index (Phi) is 4.50. The Hall–Kier alpha value is -0.870. The summed E-state index contributed by atoms with van der Waals surface area (Å²) in [5.41, 5.74) is 0.147. The lowest BCUT2D eigenvalue weighted by Gasteiger charge is -2.31. The van der Waals surface area contributed by atoms with Crippen molar-refractivity contribution in [3.05, 3.63) is 18.2 Å². The summed E-state index contributed by atoms with van der Waals surface area (Å²) in [5, 5.41) is 12.5. The fourth-order valence-electron chi connectivity index (χ4n) is 1.75. The average molecular weight is 225 g/mol. The Balaban J connectivity index is 2.54. The molecular weight excluding hydrogens is 202 g/mol. The third-order valence-electron chi connectivity index (χ3n) is 2.89. The predicted molar refractivity (Wildman–Crippen MR) is 65.0 cm³/mol. The maximum absolute atomic E-state index is 9.05. The van der Waals surface area contributed by atoms with Gasteiger partial charge < -0.3 is 15.0 Å². The zero-order chi connectivity index (χ0) is 12.2. The zero-order valence-electron chi connectivity index (χ0n) is 10.7. The van der Waals surface area contributed by atoms with Gasteiger partial charge in [0.2, 0.25) is 0 Å². The van der Waals surface area contributed by atoms with Gasteiger partial charge in [0.15, 0.2) is 0 Å². The second kappa shape index (κ2) is 5.46. The Morgan fingerprint density at radius 2 is 2.19 bits per heavy atom. The van der Waals surface area contributed by atoms with Crippen LogP contribution in [0.3, 0.4) is 0 Å². The molecule has 0 aromatic carbocycles. The molecule has 16 heavy (non-hydrogen) atoms. The molecule has 0 radical (unpaired) electrons. The van der Waals surface area contributed by atoms with Crippen molar-refractivity contribution in [2.24, 2.45) is 12.5 Å². The monoisotopic (exact) mass is 225 g/mol. The van der Waals surface area contributed by atoms with Crippen molar-refractivity contribution in [2.45, 2.75) is 39.8 Å². The first kappa shape index (κ1) is 13.2. The lowest BCUT2D eigenvalue weighted by Crippen LogP contribution is -2.41. The fourth-order valence-corrected chi connectivity index (χ4v) is 1.75. The minimum absolute atomic E-state index is 0.147. The Morgan fingerprint density at radius 1 is 1.50 bits per heavy atom. The minimum Gasteiger partial charge on any atom is -0.396 e. The van der Waals surface area contributed by atoms with Gasteiger partial charge in [-0.25, -0.2) is 4.98 Å². The molecule has 92 valence electrons. The van der Waals surface area contributed by atoms with Gasteiger partial charge in [-0.15, -0.1) is 0 Å². The molecule has 0 aliphatic heterocycles. The Bertz CT molecular complexity index is 314. The maximum Gasteiger partial charge on any atom is 0.122 e. The largest absolute Gasteiger partial charge is 0.396 e. The van der Waals surface area contributed by atoms with E-state index in [9.17, 15) is 0 Å². The molecule has 1 atom stereocenters. The van der Waals surface area contributed by atoms with Crippen LogP contribution < -0.4 is 5.32 Å². The quantitative estimate of drug-likeness (QED) is 0.794. The van der Waals surface area contributed by atoms with Crippen LogP contribution in [-0.2, 0) is 13.6 Å². The molecule has 1 aromatic heterocycles. The van der Waals surface area contributed by atoms with Crippen molar-refractivity contribution in [2.75, 3.05) is 6.61 Å². The van der Waals surface area contributed by atoms with Gasteiger partial charge in [0.25, 0.3) is 0 Å². The van der Waals surface area contributed by atoms with Gasteiger partial charge in [-0.2, -0.15) is 0 Å². The first-order valence-corrected chi connectivity index (χ1v) is 5.75. The van der Waals surface area contributed by atoms with Crippen molar-refractivity contribution in [1.82, 2.24) is 14.9 Å². The van der Waals surface area contributed by atoms with Gasteiger partial charge in [-0.05, 0) is 11.8 Å². The predicted octanol–water partition coefficient (Wildman–Crippen LogP) is 1.31. The van der Waals surface area contributed by atoms with E-state index in [0.717, 1.165) is 18.8 Å². The van der Waals surface area contributed by atoms with Crippen molar-refractivity contribution in [1.29, 1.82) is 0 Å². The van der Waals surface area contributed by atoms with E-state index in [0.29, 0.717) is 6.04 Å². The third kappa shape index (κ3) is 3.61. The SMILES string of the molecule is Cn1ccnc1CNC(CCO)C(C)(C)C. The van der Waals surface area contributed by atoms with E-state index < -0.39 is 0 Å². The summed E-state index contributed by atoms with van der Waals surface area (Å²) in [6, 6.07) is 0.300. The van der Waals surface area contributed by atoms with Crippen LogP contribution in [0.4, 0.5) is 0 Å². The van der Waals surface area contributed by atoms with E-state index >= 15 is 0 Å². The van der Waals surface area contributed by atoms with Gasteiger partial charge in [-0.3, -0.25) is 0 Å². The highest BCUT2D eigenvalue weighted by molar-refractivity contribution is 4.92. The summed E-state index contributed by atoms with van der Waals surface area (Å²) in [5.74, 6) is 1.02. The molecule has 1 unspecified atom stereocenters. The Morgan fingerprint density at radius 3 is 2.62 bits per heavy atom. The average Bonchev–Trinajstić information content (AvgIpc) is 2.57. The van der Waals surface area contributed by atoms with Crippen molar-refractivity contribution >= 4 is 0 Å². The highest BCUT2D eigenvalue weighted by Gasteiger charge is 2.23. The fraction of sp³-hybridized carbons (Fsp3) is 0.750. The van der Waals surface area contributed by atoms with Gasteiger partial charge in [0.05, 0.1) is 6.54 Å². The lowest BCUT2D eigenvalue weighted by atomic mass is 9.85. The van der Waals surface area contributed by atoms with Crippen molar-refractivity contribution < 1.29 is 5.11 Å². The summed E-state index contributed by atoms with van der Waals surface area (Å²) in [7, 11) is 1.99. The second-order valence-corrected chi connectivity index (χ2v) is 5.27. The summed E-state index contributed by atoms with van der Waals surface area (Å²) in [4.78, 5) is 4.27. The molecule has 0 spiro atoms. The third-order valence-corrected chi connectivity index (χ3v) is 2.89. The van der Waals surface area contributed by atoms with Crippen LogP contribution in [0.1, 0.15) is 33.0 Å². The van der Waals surface area contributed by atoms with E-state index in [4.69, 9.17) is 5.11 Å². The van der Waals surface area contributed by atoms with Crippen LogP contribution in [-0.4, -0.2) is 27.3 Å². The highest BCUT2D eigenvalue weighted by atomic mass is 16.3. The van der Waals surface area contributed by atoms with Crippen LogP contribution in [0.25, 0.3) is 0 Å². The minimum atomic E-state index is 0.147. The lowest BCUT2D eigenvalue weighted by molar-refractivity contribution is 0.195. The summed E-state index contributed by atoms with van der Waals surface area (Å²) in [6.45, 7) is 7.50. The van der Waals surface area contributed by atoms with Gasteiger partial charge in [-0.1, -0.05) is 20.8 Å². The topological polar surface area (TPSA) is 50.1 Å². The molecule has 4 heteroatoms. The van der Waals surface area contributed by atoms with E-state index in [2.05, 4.69) is 31.1 Å². The van der Waals surface area contributed by atoms with Gasteiger partial charge in [0.1, 0.15) is 5.82 Å². The molecule has 4 nitrogen and oxygen atoms in total. The molecule has 0 bridgehead atoms. The van der Waals surface area contributed by atoms with Crippen molar-refractivity contribution in [3.8, 4) is 0 Å². The number of aromatic nitrogens is 2. The molecule has 0 saturated carbocycles. The number of imidazole rings is 1. The summed E-state index contributed by atoms with van der Waals surface area (Å²) >= 11 is 0. The van der Waals surface area contributed by atoms with Crippen LogP contribution in [0, 0.1) is 5.41 Å². The zero-order valence-corrected chi connectivity index (χ0v) is 10.7. The number of hydrogen-bond donors (Lipinski definition) is 2.